The monoisotopic (exact) mass is 278 g/mol. The number of fused-ring (bicyclic) bond motifs is 1. The molecule has 2 aromatic rings. The van der Waals surface area contributed by atoms with Crippen LogP contribution >= 0.6 is 11.6 Å². The molecule has 0 aliphatic carbocycles. The highest BCUT2D eigenvalue weighted by molar-refractivity contribution is 6.31. The molecular weight excluding hydrogens is 260 g/mol. The second-order valence-corrected chi connectivity index (χ2v) is 5.02. The summed E-state index contributed by atoms with van der Waals surface area (Å²) in [4.78, 5) is 13.5. The Kier molecular flexibility index (Phi) is 4.61. The normalized spacial score (nSPS) is 11.4. The molecule has 2 rings (SSSR count). The molecule has 102 valence electrons. The molecule has 0 amide bonds. The lowest BCUT2D eigenvalue weighted by Gasteiger charge is -2.18. The second-order valence-electron chi connectivity index (χ2n) is 4.58. The van der Waals surface area contributed by atoms with Crippen molar-refractivity contribution in [1.29, 1.82) is 0 Å². The van der Waals surface area contributed by atoms with E-state index in [1.165, 1.54) is 0 Å². The Morgan fingerprint density at radius 2 is 2.05 bits per heavy atom. The Labute approximate surface area is 118 Å². The molecule has 0 spiro atoms. The SMILES string of the molecule is CCN(CC)CCn1cc(C=O)c2ccc(Cl)cc21. The molecule has 4 heteroatoms. The number of rotatable bonds is 6. The van der Waals surface area contributed by atoms with Gasteiger partial charge in [0.25, 0.3) is 0 Å². The lowest BCUT2D eigenvalue weighted by atomic mass is 10.2. The molecule has 0 N–H and O–H groups in total. The fourth-order valence-corrected chi connectivity index (χ4v) is 2.53. The number of hydrogen-bond acceptors (Lipinski definition) is 2. The predicted octanol–water partition coefficient (Wildman–Crippen LogP) is 3.45. The first-order valence-corrected chi connectivity index (χ1v) is 7.03. The third kappa shape index (κ3) is 2.99. The van der Waals surface area contributed by atoms with Crippen molar-refractivity contribution < 1.29 is 4.79 Å². The molecular formula is C15H19ClN2O. The van der Waals surface area contributed by atoms with E-state index < -0.39 is 0 Å². The van der Waals surface area contributed by atoms with Gasteiger partial charge in [-0.05, 0) is 25.2 Å². The van der Waals surface area contributed by atoms with Crippen LogP contribution in [0.2, 0.25) is 5.02 Å². The number of benzene rings is 1. The lowest BCUT2D eigenvalue weighted by molar-refractivity contribution is 0.112. The first-order valence-electron chi connectivity index (χ1n) is 6.65. The van der Waals surface area contributed by atoms with Gasteiger partial charge in [-0.3, -0.25) is 4.79 Å². The Balaban J connectivity index is 2.32. The molecule has 0 unspecified atom stereocenters. The maximum absolute atomic E-state index is 11.1. The zero-order chi connectivity index (χ0) is 13.8. The van der Waals surface area contributed by atoms with E-state index in [2.05, 4.69) is 23.3 Å². The van der Waals surface area contributed by atoms with Crippen LogP contribution in [0.15, 0.2) is 24.4 Å². The van der Waals surface area contributed by atoms with Crippen LogP contribution in [0.5, 0.6) is 0 Å². The molecule has 19 heavy (non-hydrogen) atoms. The van der Waals surface area contributed by atoms with Crippen molar-refractivity contribution in [2.45, 2.75) is 20.4 Å². The molecule has 0 radical (unpaired) electrons. The van der Waals surface area contributed by atoms with Gasteiger partial charge in [0.1, 0.15) is 0 Å². The fraction of sp³-hybridized carbons (Fsp3) is 0.400. The van der Waals surface area contributed by atoms with Crippen LogP contribution in [0, 0.1) is 0 Å². The van der Waals surface area contributed by atoms with E-state index >= 15 is 0 Å². The maximum Gasteiger partial charge on any atom is 0.152 e. The third-order valence-electron chi connectivity index (χ3n) is 3.55. The van der Waals surface area contributed by atoms with Gasteiger partial charge >= 0.3 is 0 Å². The summed E-state index contributed by atoms with van der Waals surface area (Å²) in [5.41, 5.74) is 1.76. The van der Waals surface area contributed by atoms with Crippen molar-refractivity contribution in [3.8, 4) is 0 Å². The Hall–Kier alpha value is -1.32. The van der Waals surface area contributed by atoms with Crippen LogP contribution in [0.25, 0.3) is 10.9 Å². The van der Waals surface area contributed by atoms with E-state index in [4.69, 9.17) is 11.6 Å². The van der Waals surface area contributed by atoms with Crippen molar-refractivity contribution in [2.24, 2.45) is 0 Å². The summed E-state index contributed by atoms with van der Waals surface area (Å²) in [7, 11) is 0. The van der Waals surface area contributed by atoms with Gasteiger partial charge < -0.3 is 9.47 Å². The average Bonchev–Trinajstić information content (AvgIpc) is 2.77. The number of aromatic nitrogens is 1. The molecule has 0 atom stereocenters. The molecule has 0 saturated carbocycles. The minimum Gasteiger partial charge on any atom is -0.345 e. The van der Waals surface area contributed by atoms with Gasteiger partial charge in [0.15, 0.2) is 6.29 Å². The molecule has 0 bridgehead atoms. The van der Waals surface area contributed by atoms with E-state index in [-0.39, 0.29) is 0 Å². The summed E-state index contributed by atoms with van der Waals surface area (Å²) in [5, 5.41) is 1.67. The Morgan fingerprint density at radius 3 is 2.68 bits per heavy atom. The van der Waals surface area contributed by atoms with E-state index in [9.17, 15) is 4.79 Å². The highest BCUT2D eigenvalue weighted by atomic mass is 35.5. The van der Waals surface area contributed by atoms with Gasteiger partial charge in [0.2, 0.25) is 0 Å². The van der Waals surface area contributed by atoms with E-state index in [0.29, 0.717) is 5.02 Å². The molecule has 1 heterocycles. The second kappa shape index (κ2) is 6.22. The van der Waals surface area contributed by atoms with Crippen molar-refractivity contribution in [3.63, 3.8) is 0 Å². The number of carbonyl (C=O) groups excluding carboxylic acids is 1. The summed E-state index contributed by atoms with van der Waals surface area (Å²) in [6.45, 7) is 8.23. The molecule has 1 aromatic heterocycles. The zero-order valence-electron chi connectivity index (χ0n) is 11.4. The van der Waals surface area contributed by atoms with Gasteiger partial charge in [-0.1, -0.05) is 31.5 Å². The summed E-state index contributed by atoms with van der Waals surface area (Å²) in [6.07, 6.45) is 2.82. The van der Waals surface area contributed by atoms with Gasteiger partial charge in [0, 0.05) is 35.3 Å². The van der Waals surface area contributed by atoms with E-state index in [1.54, 1.807) is 0 Å². The van der Waals surface area contributed by atoms with Crippen molar-refractivity contribution in [1.82, 2.24) is 9.47 Å². The molecule has 0 aliphatic rings. The molecule has 0 aliphatic heterocycles. The number of nitrogens with zero attached hydrogens (tertiary/aromatic N) is 2. The molecule has 0 saturated heterocycles. The smallest absolute Gasteiger partial charge is 0.152 e. The topological polar surface area (TPSA) is 25.2 Å². The summed E-state index contributed by atoms with van der Waals surface area (Å²) >= 11 is 6.05. The summed E-state index contributed by atoms with van der Waals surface area (Å²) < 4.78 is 2.11. The Morgan fingerprint density at radius 1 is 1.32 bits per heavy atom. The van der Waals surface area contributed by atoms with Crippen LogP contribution in [-0.4, -0.2) is 35.4 Å². The lowest BCUT2D eigenvalue weighted by Crippen LogP contribution is -2.26. The predicted molar refractivity (Wildman–Crippen MR) is 80.1 cm³/mol. The van der Waals surface area contributed by atoms with Crippen molar-refractivity contribution in [3.05, 3.63) is 35.0 Å². The molecule has 3 nitrogen and oxygen atoms in total. The minimum absolute atomic E-state index is 0.701. The maximum atomic E-state index is 11.1. The number of halogens is 1. The van der Waals surface area contributed by atoms with Crippen molar-refractivity contribution >= 4 is 28.8 Å². The van der Waals surface area contributed by atoms with Crippen LogP contribution in [0.4, 0.5) is 0 Å². The van der Waals surface area contributed by atoms with Crippen LogP contribution in [-0.2, 0) is 6.54 Å². The van der Waals surface area contributed by atoms with Gasteiger partial charge in [-0.2, -0.15) is 0 Å². The highest BCUT2D eigenvalue weighted by Gasteiger charge is 2.09. The third-order valence-corrected chi connectivity index (χ3v) is 3.79. The number of hydrogen-bond donors (Lipinski definition) is 0. The number of aldehydes is 1. The molecule has 0 fully saturated rings. The standard InChI is InChI=1S/C15H19ClN2O/c1-3-17(4-2)7-8-18-10-12(11-19)14-6-5-13(16)9-15(14)18/h5-6,9-11H,3-4,7-8H2,1-2H3. The van der Waals surface area contributed by atoms with Crippen LogP contribution in [0.1, 0.15) is 24.2 Å². The van der Waals surface area contributed by atoms with E-state index in [1.807, 2.05) is 24.4 Å². The summed E-state index contributed by atoms with van der Waals surface area (Å²) in [5.74, 6) is 0. The average molecular weight is 279 g/mol. The molecule has 1 aromatic carbocycles. The van der Waals surface area contributed by atoms with Crippen LogP contribution < -0.4 is 0 Å². The highest BCUT2D eigenvalue weighted by Crippen LogP contribution is 2.23. The number of likely N-dealkylation sites (N-methyl/N-ethyl adjacent to an activating group) is 1. The minimum atomic E-state index is 0.701. The first kappa shape index (κ1) is 14.1. The number of carbonyl (C=O) groups is 1. The quantitative estimate of drug-likeness (QED) is 0.756. The van der Waals surface area contributed by atoms with E-state index in [0.717, 1.165) is 48.9 Å². The van der Waals surface area contributed by atoms with Gasteiger partial charge in [-0.25, -0.2) is 0 Å². The van der Waals surface area contributed by atoms with Crippen LogP contribution in [0.3, 0.4) is 0 Å². The van der Waals surface area contributed by atoms with Gasteiger partial charge in [0.05, 0.1) is 5.52 Å². The fourth-order valence-electron chi connectivity index (χ4n) is 2.36. The largest absolute Gasteiger partial charge is 0.345 e. The van der Waals surface area contributed by atoms with Crippen molar-refractivity contribution in [2.75, 3.05) is 19.6 Å². The zero-order valence-corrected chi connectivity index (χ0v) is 12.2. The Bertz CT molecular complexity index is 573. The summed E-state index contributed by atoms with van der Waals surface area (Å²) in [6, 6.07) is 5.66. The van der Waals surface area contributed by atoms with Gasteiger partial charge in [-0.15, -0.1) is 0 Å². The first-order chi connectivity index (χ1) is 9.19.